The van der Waals surface area contributed by atoms with Gasteiger partial charge in [-0.1, -0.05) is 30.3 Å². The van der Waals surface area contributed by atoms with Gasteiger partial charge in [-0.2, -0.15) is 17.9 Å². The first-order chi connectivity index (χ1) is 18.7. The third-order valence-electron chi connectivity index (χ3n) is 6.56. The zero-order chi connectivity index (χ0) is 28.0. The van der Waals surface area contributed by atoms with E-state index in [1.54, 1.807) is 11.0 Å². The summed E-state index contributed by atoms with van der Waals surface area (Å²) in [6.45, 7) is 0.203. The number of carbonyl (C=O) groups is 2. The van der Waals surface area contributed by atoms with Gasteiger partial charge in [-0.25, -0.2) is 0 Å². The summed E-state index contributed by atoms with van der Waals surface area (Å²) < 4.78 is 46.1. The predicted molar refractivity (Wildman–Crippen MR) is 132 cm³/mol. The lowest BCUT2D eigenvalue weighted by molar-refractivity contribution is -0.146. The normalized spacial score (nSPS) is 17.6. The first-order valence-electron chi connectivity index (χ1n) is 12.2. The Morgan fingerprint density at radius 2 is 1.95 bits per heavy atom. The highest BCUT2D eigenvalue weighted by atomic mass is 19.4. The van der Waals surface area contributed by atoms with Crippen molar-refractivity contribution in [3.63, 3.8) is 0 Å². The minimum atomic E-state index is -4.73. The highest BCUT2D eigenvalue weighted by Crippen LogP contribution is 2.31. The number of methoxy groups -OCH3 is 1. The average molecular weight is 548 g/mol. The summed E-state index contributed by atoms with van der Waals surface area (Å²) in [5.41, 5.74) is 1.75. The molecule has 1 fully saturated rings. The number of rotatable bonds is 9. The van der Waals surface area contributed by atoms with Crippen molar-refractivity contribution >= 4 is 11.8 Å². The SMILES string of the molecule is COc1ccc(-n2nnnc2C(F)(F)F)cc1CN[C@H]1CCN(C(=O)CNC(=O)CO)C[C@H]1c1ccccc1. The third kappa shape index (κ3) is 6.70. The second-order valence-corrected chi connectivity index (χ2v) is 8.98. The molecule has 2 heterocycles. The van der Waals surface area contributed by atoms with Crippen LogP contribution in [0.15, 0.2) is 48.5 Å². The number of likely N-dealkylation sites (tertiary alicyclic amines) is 1. The molecule has 0 aliphatic carbocycles. The Hall–Kier alpha value is -4.04. The maximum atomic E-state index is 13.3. The molecule has 1 aliphatic rings. The number of ether oxygens (including phenoxy) is 1. The summed E-state index contributed by atoms with van der Waals surface area (Å²) in [6.07, 6.45) is -4.14. The number of amides is 2. The van der Waals surface area contributed by atoms with Gasteiger partial charge in [0.1, 0.15) is 12.4 Å². The topological polar surface area (TPSA) is 134 Å². The average Bonchev–Trinajstić information content (AvgIpc) is 3.46. The summed E-state index contributed by atoms with van der Waals surface area (Å²) in [5, 5.41) is 24.6. The maximum Gasteiger partial charge on any atom is 0.453 e. The molecule has 0 bridgehead atoms. The van der Waals surface area contributed by atoms with Crippen LogP contribution in [0.3, 0.4) is 0 Å². The molecule has 2 amide bonds. The Morgan fingerprint density at radius 1 is 1.18 bits per heavy atom. The number of piperidine rings is 1. The molecule has 3 aromatic rings. The number of hydrogen-bond donors (Lipinski definition) is 3. The minimum absolute atomic E-state index is 0.0735. The van der Waals surface area contributed by atoms with Crippen LogP contribution in [0.2, 0.25) is 0 Å². The number of aliphatic hydroxyl groups is 1. The lowest BCUT2D eigenvalue weighted by Crippen LogP contribution is -2.51. The van der Waals surface area contributed by atoms with Crippen molar-refractivity contribution in [2.45, 2.75) is 31.1 Å². The number of aliphatic hydroxyl groups excluding tert-OH is 1. The molecular formula is C25H28F3N7O4. The Kier molecular flexibility index (Phi) is 8.76. The number of aromatic nitrogens is 4. The molecule has 2 aromatic carbocycles. The summed E-state index contributed by atoms with van der Waals surface area (Å²) in [5.74, 6) is -1.73. The quantitative estimate of drug-likeness (QED) is 0.365. The molecule has 11 nitrogen and oxygen atoms in total. The molecule has 1 aromatic heterocycles. The van der Waals surface area contributed by atoms with Crippen molar-refractivity contribution in [3.05, 3.63) is 65.5 Å². The molecule has 208 valence electrons. The van der Waals surface area contributed by atoms with Gasteiger partial charge in [-0.05, 0) is 40.6 Å². The number of nitrogens with zero attached hydrogens (tertiary/aromatic N) is 5. The summed E-state index contributed by atoms with van der Waals surface area (Å²) in [7, 11) is 1.48. The summed E-state index contributed by atoms with van der Waals surface area (Å²) in [4.78, 5) is 25.7. The second kappa shape index (κ2) is 12.2. The van der Waals surface area contributed by atoms with Gasteiger partial charge in [0.15, 0.2) is 0 Å². The lowest BCUT2D eigenvalue weighted by atomic mass is 9.85. The van der Waals surface area contributed by atoms with Crippen LogP contribution in [0.25, 0.3) is 5.69 Å². The molecule has 0 spiro atoms. The van der Waals surface area contributed by atoms with E-state index in [2.05, 4.69) is 26.2 Å². The number of halogens is 3. The van der Waals surface area contributed by atoms with Gasteiger partial charge in [0.25, 0.3) is 5.82 Å². The number of carbonyl (C=O) groups excluding carboxylic acids is 2. The largest absolute Gasteiger partial charge is 0.496 e. The molecule has 3 N–H and O–H groups in total. The van der Waals surface area contributed by atoms with Gasteiger partial charge in [-0.15, -0.1) is 5.10 Å². The van der Waals surface area contributed by atoms with E-state index in [9.17, 15) is 22.8 Å². The number of hydrogen-bond acceptors (Lipinski definition) is 8. The van der Waals surface area contributed by atoms with Crippen molar-refractivity contribution < 1.29 is 32.6 Å². The fourth-order valence-electron chi connectivity index (χ4n) is 4.62. The van der Waals surface area contributed by atoms with Crippen LogP contribution in [0, 0.1) is 0 Å². The Labute approximate surface area is 221 Å². The van der Waals surface area contributed by atoms with Crippen molar-refractivity contribution in [1.29, 1.82) is 0 Å². The highest BCUT2D eigenvalue weighted by Gasteiger charge is 2.38. The molecule has 2 atom stereocenters. The molecule has 14 heteroatoms. The standard InChI is InChI=1S/C25H28F3N7O4/c1-39-21-8-7-18(35-24(25(26,27)28)31-32-33-35)11-17(21)12-29-20-9-10-34(23(38)13-30-22(37)15-36)14-19(20)16-5-3-2-4-6-16/h2-8,11,19-20,29,36H,9-10,12-15H2,1H3,(H,30,37)/t19-,20-/m0/s1. The maximum absolute atomic E-state index is 13.3. The van der Waals surface area contributed by atoms with E-state index < -0.39 is 24.5 Å². The molecule has 0 saturated carbocycles. The van der Waals surface area contributed by atoms with Crippen LogP contribution < -0.4 is 15.4 Å². The van der Waals surface area contributed by atoms with Gasteiger partial charge in [-0.3, -0.25) is 9.59 Å². The molecule has 1 aliphatic heterocycles. The fraction of sp³-hybridized carbons (Fsp3) is 0.400. The molecule has 0 unspecified atom stereocenters. The van der Waals surface area contributed by atoms with Gasteiger partial charge in [0, 0.05) is 37.2 Å². The molecular weight excluding hydrogens is 519 g/mol. The van der Waals surface area contributed by atoms with Crippen LogP contribution in [0.1, 0.15) is 29.3 Å². The predicted octanol–water partition coefficient (Wildman–Crippen LogP) is 1.27. The van der Waals surface area contributed by atoms with Crippen LogP contribution >= 0.6 is 0 Å². The number of nitrogens with one attached hydrogen (secondary N) is 2. The van der Waals surface area contributed by atoms with E-state index in [0.717, 1.165) is 5.56 Å². The van der Waals surface area contributed by atoms with E-state index in [-0.39, 0.29) is 36.6 Å². The number of tetrazole rings is 1. The summed E-state index contributed by atoms with van der Waals surface area (Å²) in [6, 6.07) is 14.1. The number of benzene rings is 2. The van der Waals surface area contributed by atoms with Gasteiger partial charge in [0.2, 0.25) is 11.8 Å². The molecule has 4 rings (SSSR count). The first kappa shape index (κ1) is 28.0. The van der Waals surface area contributed by atoms with E-state index in [4.69, 9.17) is 9.84 Å². The zero-order valence-electron chi connectivity index (χ0n) is 21.1. The van der Waals surface area contributed by atoms with Crippen molar-refractivity contribution in [1.82, 2.24) is 35.7 Å². The van der Waals surface area contributed by atoms with Crippen LogP contribution in [0.4, 0.5) is 13.2 Å². The summed E-state index contributed by atoms with van der Waals surface area (Å²) >= 11 is 0. The van der Waals surface area contributed by atoms with Crippen LogP contribution in [-0.4, -0.2) is 81.4 Å². The van der Waals surface area contributed by atoms with E-state index in [1.165, 1.54) is 19.2 Å². The van der Waals surface area contributed by atoms with Gasteiger partial charge >= 0.3 is 6.18 Å². The first-order valence-corrected chi connectivity index (χ1v) is 12.2. The molecule has 39 heavy (non-hydrogen) atoms. The third-order valence-corrected chi connectivity index (χ3v) is 6.56. The molecule has 1 saturated heterocycles. The Morgan fingerprint density at radius 3 is 2.64 bits per heavy atom. The van der Waals surface area contributed by atoms with Crippen molar-refractivity contribution in [2.24, 2.45) is 0 Å². The Bertz CT molecular complexity index is 1290. The smallest absolute Gasteiger partial charge is 0.453 e. The highest BCUT2D eigenvalue weighted by molar-refractivity contribution is 5.85. The fourth-order valence-corrected chi connectivity index (χ4v) is 4.62. The number of alkyl halides is 3. The van der Waals surface area contributed by atoms with E-state index in [1.807, 2.05) is 30.3 Å². The monoisotopic (exact) mass is 547 g/mol. The molecule has 0 radical (unpaired) electrons. The zero-order valence-corrected chi connectivity index (χ0v) is 21.1. The second-order valence-electron chi connectivity index (χ2n) is 8.98. The lowest BCUT2D eigenvalue weighted by Gasteiger charge is -2.39. The van der Waals surface area contributed by atoms with Crippen LogP contribution in [0.5, 0.6) is 5.75 Å². The minimum Gasteiger partial charge on any atom is -0.496 e. The van der Waals surface area contributed by atoms with Crippen LogP contribution in [-0.2, 0) is 22.3 Å². The van der Waals surface area contributed by atoms with Gasteiger partial charge in [0.05, 0.1) is 19.3 Å². The van der Waals surface area contributed by atoms with Crippen molar-refractivity contribution in [3.8, 4) is 11.4 Å². The van der Waals surface area contributed by atoms with E-state index in [0.29, 0.717) is 35.5 Å². The Balaban J connectivity index is 1.52. The van der Waals surface area contributed by atoms with Crippen molar-refractivity contribution in [2.75, 3.05) is 33.4 Å². The van der Waals surface area contributed by atoms with Gasteiger partial charge < -0.3 is 25.4 Å². The van der Waals surface area contributed by atoms with E-state index >= 15 is 0 Å².